The second kappa shape index (κ2) is 4.36. The first-order valence-electron chi connectivity index (χ1n) is 4.99. The lowest BCUT2D eigenvalue weighted by molar-refractivity contribution is -0.512. The van der Waals surface area contributed by atoms with Crippen molar-refractivity contribution in [1.82, 2.24) is 4.73 Å². The summed E-state index contributed by atoms with van der Waals surface area (Å²) in [6.45, 7) is 1.25. The van der Waals surface area contributed by atoms with E-state index in [0.717, 1.165) is 12.3 Å². The number of benzene rings is 1. The molecule has 0 aliphatic carbocycles. The number of rotatable bonds is 1. The van der Waals surface area contributed by atoms with Crippen molar-refractivity contribution in [2.75, 3.05) is 6.26 Å². The van der Waals surface area contributed by atoms with Crippen molar-refractivity contribution in [3.63, 3.8) is 0 Å². The Hall–Kier alpha value is -1.31. The molecule has 9 heteroatoms. The van der Waals surface area contributed by atoms with Crippen molar-refractivity contribution in [3.05, 3.63) is 38.0 Å². The molecule has 0 saturated carbocycles. The summed E-state index contributed by atoms with van der Waals surface area (Å²) in [5.74, 6) is 0. The van der Waals surface area contributed by atoms with E-state index in [4.69, 9.17) is 23.2 Å². The van der Waals surface area contributed by atoms with Crippen molar-refractivity contribution in [2.45, 2.75) is 11.9 Å². The summed E-state index contributed by atoms with van der Waals surface area (Å²) < 4.78 is 23.7. The molecular formula is C10H8Cl2N2O4S. The van der Waals surface area contributed by atoms with Crippen LogP contribution in [0.25, 0.3) is 11.0 Å². The van der Waals surface area contributed by atoms with Crippen molar-refractivity contribution in [1.29, 1.82) is 0 Å². The first-order chi connectivity index (χ1) is 8.64. The number of fused-ring (bicyclic) bond motifs is 1. The van der Waals surface area contributed by atoms with Gasteiger partial charge in [0.1, 0.15) is 11.2 Å². The molecule has 0 bridgehead atoms. The molecule has 1 aromatic carbocycles. The molecule has 0 saturated heterocycles. The minimum Gasteiger partial charge on any atom is -0.805 e. The van der Waals surface area contributed by atoms with Crippen molar-refractivity contribution >= 4 is 44.1 Å². The van der Waals surface area contributed by atoms with Gasteiger partial charge in [0.2, 0.25) is 9.84 Å². The molecule has 1 heterocycles. The van der Waals surface area contributed by atoms with Crippen LogP contribution in [-0.2, 0) is 9.84 Å². The number of aromatic nitrogens is 2. The lowest BCUT2D eigenvalue weighted by Crippen LogP contribution is -2.29. The van der Waals surface area contributed by atoms with E-state index >= 15 is 0 Å². The van der Waals surface area contributed by atoms with E-state index < -0.39 is 14.9 Å². The van der Waals surface area contributed by atoms with Crippen LogP contribution < -0.4 is 4.43 Å². The first-order valence-corrected chi connectivity index (χ1v) is 7.64. The standard InChI is InChI=1S/C10H8Cl2N2O4S/c1-5-10(19(2,17)18)14(16)9-4-7(12)6(11)3-8(9)13(5)15/h3-4H,1-2H3. The SMILES string of the molecule is Cc1c(S(C)(=O)=O)[n+](=O)c2cc(Cl)c(Cl)cc2n1[O-]. The summed E-state index contributed by atoms with van der Waals surface area (Å²) in [4.78, 5) is 12.1. The maximum atomic E-state index is 12.1. The molecule has 0 aliphatic heterocycles. The second-order valence-electron chi connectivity index (χ2n) is 4.01. The van der Waals surface area contributed by atoms with Crippen molar-refractivity contribution < 1.29 is 12.8 Å². The highest BCUT2D eigenvalue weighted by Gasteiger charge is 2.29. The normalized spacial score (nSPS) is 12.0. The van der Waals surface area contributed by atoms with Gasteiger partial charge in [0.15, 0.2) is 0 Å². The van der Waals surface area contributed by atoms with Gasteiger partial charge < -0.3 is 9.94 Å². The predicted octanol–water partition coefficient (Wildman–Crippen LogP) is 1.92. The van der Waals surface area contributed by atoms with Gasteiger partial charge in [-0.1, -0.05) is 23.2 Å². The molecule has 0 aliphatic rings. The highest BCUT2D eigenvalue weighted by molar-refractivity contribution is 7.90. The van der Waals surface area contributed by atoms with Gasteiger partial charge in [0.05, 0.1) is 14.5 Å². The van der Waals surface area contributed by atoms with E-state index in [2.05, 4.69) is 0 Å². The van der Waals surface area contributed by atoms with Crippen LogP contribution in [0.4, 0.5) is 0 Å². The Bertz CT molecular complexity index is 858. The van der Waals surface area contributed by atoms with Crippen LogP contribution in [0.15, 0.2) is 17.2 Å². The van der Waals surface area contributed by atoms with Gasteiger partial charge in [-0.2, -0.15) is 0 Å². The van der Waals surface area contributed by atoms with Crippen LogP contribution in [0.2, 0.25) is 10.0 Å². The fourth-order valence-corrected chi connectivity index (χ4v) is 3.13. The molecule has 1 aromatic heterocycles. The molecule has 2 aromatic rings. The van der Waals surface area contributed by atoms with E-state index in [9.17, 15) is 18.5 Å². The van der Waals surface area contributed by atoms with Crippen molar-refractivity contribution in [2.24, 2.45) is 0 Å². The average Bonchev–Trinajstić information content (AvgIpc) is 2.27. The molecule has 0 amide bonds. The smallest absolute Gasteiger partial charge is 0.371 e. The fraction of sp³-hybridized carbons (Fsp3) is 0.200. The van der Waals surface area contributed by atoms with Crippen LogP contribution >= 0.6 is 23.2 Å². The Kier molecular flexibility index (Phi) is 3.24. The van der Waals surface area contributed by atoms with Gasteiger partial charge in [0.25, 0.3) is 5.52 Å². The summed E-state index contributed by atoms with van der Waals surface area (Å²) in [7, 11) is -3.85. The van der Waals surface area contributed by atoms with Gasteiger partial charge in [0, 0.05) is 17.2 Å². The zero-order valence-corrected chi connectivity index (χ0v) is 12.2. The van der Waals surface area contributed by atoms with E-state index in [1.165, 1.54) is 13.0 Å². The Morgan fingerprint density at radius 1 is 1.26 bits per heavy atom. The summed E-state index contributed by atoms with van der Waals surface area (Å²) in [6.07, 6.45) is 0.854. The third-order valence-electron chi connectivity index (χ3n) is 2.60. The van der Waals surface area contributed by atoms with Crippen LogP contribution in [0, 0.1) is 17.0 Å². The average molecular weight is 323 g/mol. The van der Waals surface area contributed by atoms with Crippen LogP contribution in [0.3, 0.4) is 0 Å². The Balaban J connectivity index is 3.15. The first kappa shape index (κ1) is 14.1. The lowest BCUT2D eigenvalue weighted by atomic mass is 10.3. The molecule has 0 unspecified atom stereocenters. The zero-order chi connectivity index (χ0) is 14.5. The topological polar surface area (TPSA) is 85.1 Å². The zero-order valence-electron chi connectivity index (χ0n) is 9.85. The molecule has 0 spiro atoms. The van der Waals surface area contributed by atoms with Gasteiger partial charge in [-0.05, 0) is 13.0 Å². The molecule has 0 fully saturated rings. The Labute approximate surface area is 118 Å². The Morgan fingerprint density at radius 2 is 1.79 bits per heavy atom. The van der Waals surface area contributed by atoms with Gasteiger partial charge >= 0.3 is 5.03 Å². The van der Waals surface area contributed by atoms with Crippen LogP contribution in [0.1, 0.15) is 5.69 Å². The van der Waals surface area contributed by atoms with Crippen LogP contribution in [0.5, 0.6) is 0 Å². The quantitative estimate of drug-likeness (QED) is 0.751. The summed E-state index contributed by atoms with van der Waals surface area (Å²) in [5, 5.41) is 11.6. The van der Waals surface area contributed by atoms with Crippen molar-refractivity contribution in [3.8, 4) is 0 Å². The van der Waals surface area contributed by atoms with Gasteiger partial charge in [-0.25, -0.2) is 8.42 Å². The molecule has 6 nitrogen and oxygen atoms in total. The third kappa shape index (κ3) is 2.18. The molecule has 102 valence electrons. The second-order valence-corrected chi connectivity index (χ2v) is 6.75. The highest BCUT2D eigenvalue weighted by Crippen LogP contribution is 2.27. The van der Waals surface area contributed by atoms with E-state index in [0.29, 0.717) is 4.73 Å². The molecule has 0 atom stereocenters. The fourth-order valence-electron chi connectivity index (χ4n) is 1.79. The monoisotopic (exact) mass is 322 g/mol. The number of hydrogen-bond donors (Lipinski definition) is 0. The summed E-state index contributed by atoms with van der Waals surface area (Å²) >= 11 is 11.6. The number of hydrogen-bond acceptors (Lipinski definition) is 4. The Morgan fingerprint density at radius 3 is 2.32 bits per heavy atom. The molecule has 0 N–H and O–H groups in total. The minimum atomic E-state index is -3.85. The number of halogens is 2. The summed E-state index contributed by atoms with van der Waals surface area (Å²) in [5.41, 5.74) is -0.423. The maximum absolute atomic E-state index is 12.1. The maximum Gasteiger partial charge on any atom is 0.371 e. The minimum absolute atomic E-state index is 0.0469. The predicted molar refractivity (Wildman–Crippen MR) is 71.9 cm³/mol. The van der Waals surface area contributed by atoms with Gasteiger partial charge in [-0.15, -0.1) is 0 Å². The molecule has 2 rings (SSSR count). The third-order valence-corrected chi connectivity index (χ3v) is 4.49. The van der Waals surface area contributed by atoms with E-state index in [1.54, 1.807) is 0 Å². The molecular weight excluding hydrogens is 315 g/mol. The highest BCUT2D eigenvalue weighted by atomic mass is 35.5. The van der Waals surface area contributed by atoms with Crippen LogP contribution in [-0.4, -0.2) is 19.4 Å². The van der Waals surface area contributed by atoms with Gasteiger partial charge in [-0.3, -0.25) is 0 Å². The van der Waals surface area contributed by atoms with E-state index in [-0.39, 0.29) is 31.2 Å². The lowest BCUT2D eigenvalue weighted by Gasteiger charge is -2.16. The number of nitrogens with zero attached hydrogens (tertiary/aromatic N) is 2. The summed E-state index contributed by atoms with van der Waals surface area (Å²) in [6, 6.07) is 2.38. The van der Waals surface area contributed by atoms with E-state index in [1.807, 2.05) is 0 Å². The number of sulfone groups is 1. The largest absolute Gasteiger partial charge is 0.805 e. The molecule has 19 heavy (non-hydrogen) atoms. The molecule has 0 radical (unpaired) electrons.